The third-order valence-corrected chi connectivity index (χ3v) is 5.09. The lowest BCUT2D eigenvalue weighted by Gasteiger charge is -2.44. The lowest BCUT2D eigenvalue weighted by Crippen LogP contribution is -2.50. The summed E-state index contributed by atoms with van der Waals surface area (Å²) in [5, 5.41) is 3.25. The van der Waals surface area contributed by atoms with Crippen LogP contribution in [0.25, 0.3) is 0 Å². The minimum Gasteiger partial charge on any atom is -0.313 e. The third-order valence-electron chi connectivity index (χ3n) is 5.09. The van der Waals surface area contributed by atoms with Gasteiger partial charge in [-0.3, -0.25) is 0 Å². The fourth-order valence-corrected chi connectivity index (χ4v) is 3.45. The summed E-state index contributed by atoms with van der Waals surface area (Å²) in [5.74, 6) is -1.12. The molecule has 0 spiro atoms. The molecule has 0 amide bonds. The van der Waals surface area contributed by atoms with Crippen LogP contribution in [0.15, 0.2) is 0 Å². The highest BCUT2D eigenvalue weighted by atomic mass is 19.4. The maximum atomic E-state index is 12.9. The standard InChI is InChI=1S/C14H24F3N/c1-2-13(8-5-9-13)10-18-12-7-4-3-6-11(12)14(15,16)17/h11-12,18H,2-10H2,1H3. The van der Waals surface area contributed by atoms with Gasteiger partial charge in [-0.1, -0.05) is 26.2 Å². The van der Waals surface area contributed by atoms with Gasteiger partial charge in [0.05, 0.1) is 5.92 Å². The quantitative estimate of drug-likeness (QED) is 0.798. The van der Waals surface area contributed by atoms with Crippen molar-refractivity contribution in [3.05, 3.63) is 0 Å². The molecule has 2 saturated carbocycles. The summed E-state index contributed by atoms with van der Waals surface area (Å²) in [6.07, 6.45) is 3.30. The first-order chi connectivity index (χ1) is 8.47. The van der Waals surface area contributed by atoms with Crippen LogP contribution in [0, 0.1) is 11.3 Å². The van der Waals surface area contributed by atoms with Crippen molar-refractivity contribution in [1.82, 2.24) is 5.32 Å². The molecule has 0 radical (unpaired) electrons. The molecule has 4 heteroatoms. The normalized spacial score (nSPS) is 32.0. The summed E-state index contributed by atoms with van der Waals surface area (Å²) in [5.41, 5.74) is 0.299. The van der Waals surface area contributed by atoms with E-state index in [0.29, 0.717) is 18.3 Å². The molecule has 0 aromatic heterocycles. The van der Waals surface area contributed by atoms with Crippen LogP contribution < -0.4 is 5.32 Å². The van der Waals surface area contributed by atoms with E-state index in [1.807, 2.05) is 0 Å². The van der Waals surface area contributed by atoms with Crippen molar-refractivity contribution >= 4 is 0 Å². The molecule has 106 valence electrons. The predicted octanol–water partition coefficient (Wildman–Crippen LogP) is 4.28. The number of rotatable bonds is 4. The number of halogens is 3. The second-order valence-corrected chi connectivity index (χ2v) is 6.13. The Hall–Kier alpha value is -0.250. The first-order valence-electron chi connectivity index (χ1n) is 7.27. The summed E-state index contributed by atoms with van der Waals surface area (Å²) >= 11 is 0. The second-order valence-electron chi connectivity index (χ2n) is 6.13. The monoisotopic (exact) mass is 263 g/mol. The van der Waals surface area contributed by atoms with Crippen LogP contribution in [-0.2, 0) is 0 Å². The van der Waals surface area contributed by atoms with E-state index >= 15 is 0 Å². The summed E-state index contributed by atoms with van der Waals surface area (Å²) in [7, 11) is 0. The lowest BCUT2D eigenvalue weighted by atomic mass is 9.66. The fourth-order valence-electron chi connectivity index (χ4n) is 3.45. The summed E-state index contributed by atoms with van der Waals surface area (Å²) < 4.78 is 38.8. The van der Waals surface area contributed by atoms with E-state index in [9.17, 15) is 13.2 Å². The van der Waals surface area contributed by atoms with Crippen LogP contribution in [0.2, 0.25) is 0 Å². The van der Waals surface area contributed by atoms with E-state index < -0.39 is 12.1 Å². The Balaban J connectivity index is 1.89. The van der Waals surface area contributed by atoms with Crippen LogP contribution in [0.4, 0.5) is 13.2 Å². The molecule has 0 aromatic rings. The maximum Gasteiger partial charge on any atom is 0.393 e. The van der Waals surface area contributed by atoms with E-state index in [-0.39, 0.29) is 6.04 Å². The second kappa shape index (κ2) is 5.40. The minimum absolute atomic E-state index is 0.299. The molecule has 2 aliphatic rings. The van der Waals surface area contributed by atoms with Gasteiger partial charge in [0, 0.05) is 12.6 Å². The van der Waals surface area contributed by atoms with E-state index in [1.165, 1.54) is 19.3 Å². The molecule has 1 N–H and O–H groups in total. The smallest absolute Gasteiger partial charge is 0.313 e. The van der Waals surface area contributed by atoms with Crippen molar-refractivity contribution in [3.8, 4) is 0 Å². The van der Waals surface area contributed by atoms with Crippen LogP contribution >= 0.6 is 0 Å². The Bertz CT molecular complexity index is 265. The number of alkyl halides is 3. The van der Waals surface area contributed by atoms with Crippen LogP contribution in [0.1, 0.15) is 58.3 Å². The zero-order valence-corrected chi connectivity index (χ0v) is 11.2. The average Bonchev–Trinajstić information content (AvgIpc) is 2.27. The topological polar surface area (TPSA) is 12.0 Å². The van der Waals surface area contributed by atoms with Crippen LogP contribution in [0.3, 0.4) is 0 Å². The Morgan fingerprint density at radius 3 is 2.28 bits per heavy atom. The molecule has 1 nitrogen and oxygen atoms in total. The van der Waals surface area contributed by atoms with Gasteiger partial charge in [0.1, 0.15) is 0 Å². The molecule has 0 aromatic carbocycles. The molecular weight excluding hydrogens is 239 g/mol. The van der Waals surface area contributed by atoms with E-state index in [1.54, 1.807) is 0 Å². The van der Waals surface area contributed by atoms with Crippen LogP contribution in [0.5, 0.6) is 0 Å². The molecule has 18 heavy (non-hydrogen) atoms. The Morgan fingerprint density at radius 2 is 1.78 bits per heavy atom. The minimum atomic E-state index is -4.03. The fraction of sp³-hybridized carbons (Fsp3) is 1.00. The number of hydrogen-bond donors (Lipinski definition) is 1. The van der Waals surface area contributed by atoms with E-state index in [0.717, 1.165) is 25.8 Å². The van der Waals surface area contributed by atoms with Crippen molar-refractivity contribution in [1.29, 1.82) is 0 Å². The highest BCUT2D eigenvalue weighted by Gasteiger charge is 2.46. The number of hydrogen-bond acceptors (Lipinski definition) is 1. The van der Waals surface area contributed by atoms with Crippen molar-refractivity contribution < 1.29 is 13.2 Å². The molecule has 0 heterocycles. The van der Waals surface area contributed by atoms with Gasteiger partial charge in [0.15, 0.2) is 0 Å². The SMILES string of the molecule is CCC1(CNC2CCCCC2C(F)(F)F)CCC1. The van der Waals surface area contributed by atoms with Gasteiger partial charge in [-0.15, -0.1) is 0 Å². The van der Waals surface area contributed by atoms with Gasteiger partial charge in [-0.2, -0.15) is 13.2 Å². The van der Waals surface area contributed by atoms with Gasteiger partial charge >= 0.3 is 6.18 Å². The molecule has 2 atom stereocenters. The average molecular weight is 263 g/mol. The Kier molecular flexibility index (Phi) is 4.25. The molecule has 2 unspecified atom stereocenters. The maximum absolute atomic E-state index is 12.9. The van der Waals surface area contributed by atoms with Gasteiger partial charge in [-0.25, -0.2) is 0 Å². The molecular formula is C14H24F3N. The molecule has 0 aliphatic heterocycles. The molecule has 2 aliphatic carbocycles. The van der Waals surface area contributed by atoms with Crippen molar-refractivity contribution in [2.45, 2.75) is 70.5 Å². The van der Waals surface area contributed by atoms with E-state index in [2.05, 4.69) is 12.2 Å². The molecule has 2 rings (SSSR count). The third kappa shape index (κ3) is 3.01. The van der Waals surface area contributed by atoms with Gasteiger partial charge < -0.3 is 5.32 Å². The molecule has 2 fully saturated rings. The first-order valence-corrected chi connectivity index (χ1v) is 7.27. The Morgan fingerprint density at radius 1 is 1.11 bits per heavy atom. The largest absolute Gasteiger partial charge is 0.393 e. The first kappa shape index (κ1) is 14.2. The number of nitrogens with one attached hydrogen (secondary N) is 1. The van der Waals surface area contributed by atoms with Crippen molar-refractivity contribution in [2.24, 2.45) is 11.3 Å². The Labute approximate surface area is 108 Å². The highest BCUT2D eigenvalue weighted by Crippen LogP contribution is 2.44. The molecule has 0 bridgehead atoms. The molecule has 0 saturated heterocycles. The summed E-state index contributed by atoms with van der Waals surface area (Å²) in [6, 6.07) is -0.345. The summed E-state index contributed by atoms with van der Waals surface area (Å²) in [6.45, 7) is 2.93. The van der Waals surface area contributed by atoms with Gasteiger partial charge in [0.25, 0.3) is 0 Å². The van der Waals surface area contributed by atoms with E-state index in [4.69, 9.17) is 0 Å². The van der Waals surface area contributed by atoms with Gasteiger partial charge in [-0.05, 0) is 37.5 Å². The summed E-state index contributed by atoms with van der Waals surface area (Å²) in [4.78, 5) is 0. The predicted molar refractivity (Wildman–Crippen MR) is 66.4 cm³/mol. The van der Waals surface area contributed by atoms with Crippen molar-refractivity contribution in [2.75, 3.05) is 6.54 Å². The zero-order valence-electron chi connectivity index (χ0n) is 11.2. The van der Waals surface area contributed by atoms with Crippen molar-refractivity contribution in [3.63, 3.8) is 0 Å². The zero-order chi connectivity index (χ0) is 13.2. The lowest BCUT2D eigenvalue weighted by molar-refractivity contribution is -0.189. The highest BCUT2D eigenvalue weighted by molar-refractivity contribution is 4.92. The van der Waals surface area contributed by atoms with Crippen LogP contribution in [-0.4, -0.2) is 18.8 Å². The van der Waals surface area contributed by atoms with Gasteiger partial charge in [0.2, 0.25) is 0 Å².